The van der Waals surface area contributed by atoms with Crippen LogP contribution < -0.4 is 10.6 Å². The second-order valence-corrected chi connectivity index (χ2v) is 2.87. The van der Waals surface area contributed by atoms with Crippen molar-refractivity contribution in [2.24, 2.45) is 0 Å². The van der Waals surface area contributed by atoms with Gasteiger partial charge in [0.25, 0.3) is 0 Å². The summed E-state index contributed by atoms with van der Waals surface area (Å²) in [5.41, 5.74) is 0. The quantitative estimate of drug-likeness (QED) is 0.560. The van der Waals surface area contributed by atoms with Crippen LogP contribution in [0.25, 0.3) is 0 Å². The molecule has 3 nitrogen and oxygen atoms in total. The minimum absolute atomic E-state index is 0.156. The number of carbonyl (C=O) groups is 1. The lowest BCUT2D eigenvalue weighted by molar-refractivity contribution is -0.120. The maximum absolute atomic E-state index is 10.8. The second-order valence-electron chi connectivity index (χ2n) is 2.87. The molecule has 0 saturated heterocycles. The molecule has 0 spiro atoms. The van der Waals surface area contributed by atoms with Crippen LogP contribution in [0.1, 0.15) is 32.6 Å². The van der Waals surface area contributed by atoms with Crippen molar-refractivity contribution >= 4 is 5.91 Å². The number of rotatable bonds is 7. The molecule has 0 aliphatic carbocycles. The Bertz CT molecular complexity index is 115. The van der Waals surface area contributed by atoms with Gasteiger partial charge in [-0.1, -0.05) is 13.3 Å². The Hall–Kier alpha value is -0.570. The SMILES string of the molecule is CCC(=O)NCCCCCNC. The average Bonchev–Trinajstić information content (AvgIpc) is 2.10. The lowest BCUT2D eigenvalue weighted by atomic mass is 10.2. The van der Waals surface area contributed by atoms with Gasteiger partial charge in [0.15, 0.2) is 0 Å². The monoisotopic (exact) mass is 172 g/mol. The fraction of sp³-hybridized carbons (Fsp3) is 0.889. The van der Waals surface area contributed by atoms with Gasteiger partial charge in [-0.2, -0.15) is 0 Å². The molecule has 0 heterocycles. The molecule has 3 heteroatoms. The molecule has 0 aromatic carbocycles. The minimum Gasteiger partial charge on any atom is -0.356 e. The van der Waals surface area contributed by atoms with E-state index in [1.165, 1.54) is 12.8 Å². The van der Waals surface area contributed by atoms with E-state index in [-0.39, 0.29) is 5.91 Å². The largest absolute Gasteiger partial charge is 0.356 e. The van der Waals surface area contributed by atoms with Gasteiger partial charge < -0.3 is 10.6 Å². The number of nitrogens with one attached hydrogen (secondary N) is 2. The summed E-state index contributed by atoms with van der Waals surface area (Å²) < 4.78 is 0. The zero-order chi connectivity index (χ0) is 9.23. The predicted molar refractivity (Wildman–Crippen MR) is 51.1 cm³/mol. The first-order valence-electron chi connectivity index (χ1n) is 4.72. The van der Waals surface area contributed by atoms with Gasteiger partial charge in [-0.3, -0.25) is 4.79 Å². The minimum atomic E-state index is 0.156. The van der Waals surface area contributed by atoms with Gasteiger partial charge in [0, 0.05) is 13.0 Å². The van der Waals surface area contributed by atoms with Crippen LogP contribution in [0.2, 0.25) is 0 Å². The van der Waals surface area contributed by atoms with Gasteiger partial charge >= 0.3 is 0 Å². The fourth-order valence-electron chi connectivity index (χ4n) is 0.956. The number of hydrogen-bond acceptors (Lipinski definition) is 2. The lowest BCUT2D eigenvalue weighted by Gasteiger charge is -2.02. The summed E-state index contributed by atoms with van der Waals surface area (Å²) in [5, 5.41) is 5.94. The maximum atomic E-state index is 10.8. The topological polar surface area (TPSA) is 41.1 Å². The maximum Gasteiger partial charge on any atom is 0.219 e. The predicted octanol–water partition coefficient (Wildman–Crippen LogP) is 0.902. The van der Waals surface area contributed by atoms with Crippen LogP contribution in [-0.2, 0) is 4.79 Å². The molecule has 0 fully saturated rings. The Morgan fingerprint density at radius 2 is 1.83 bits per heavy atom. The number of hydrogen-bond donors (Lipinski definition) is 2. The molecule has 0 aliphatic heterocycles. The first kappa shape index (κ1) is 11.4. The van der Waals surface area contributed by atoms with Crippen molar-refractivity contribution in [3.05, 3.63) is 0 Å². The van der Waals surface area contributed by atoms with Gasteiger partial charge in [0.05, 0.1) is 0 Å². The van der Waals surface area contributed by atoms with Gasteiger partial charge in [-0.25, -0.2) is 0 Å². The molecule has 1 amide bonds. The van der Waals surface area contributed by atoms with Crippen LogP contribution in [0.15, 0.2) is 0 Å². The molecule has 0 aromatic rings. The molecule has 0 radical (unpaired) electrons. The Morgan fingerprint density at radius 3 is 2.42 bits per heavy atom. The van der Waals surface area contributed by atoms with Crippen LogP contribution in [0.5, 0.6) is 0 Å². The van der Waals surface area contributed by atoms with E-state index >= 15 is 0 Å². The zero-order valence-electron chi connectivity index (χ0n) is 8.15. The van der Waals surface area contributed by atoms with E-state index in [9.17, 15) is 4.79 Å². The zero-order valence-corrected chi connectivity index (χ0v) is 8.15. The Kier molecular flexibility index (Phi) is 8.12. The second kappa shape index (κ2) is 8.53. The molecule has 0 bridgehead atoms. The Labute approximate surface area is 74.9 Å². The van der Waals surface area contributed by atoms with Crippen molar-refractivity contribution in [1.82, 2.24) is 10.6 Å². The molecule has 0 atom stereocenters. The van der Waals surface area contributed by atoms with Crippen molar-refractivity contribution < 1.29 is 4.79 Å². The molecular formula is C9H20N2O. The molecular weight excluding hydrogens is 152 g/mol. The first-order valence-corrected chi connectivity index (χ1v) is 4.72. The molecule has 0 aromatic heterocycles. The molecule has 0 rings (SSSR count). The molecule has 0 saturated carbocycles. The summed E-state index contributed by atoms with van der Waals surface area (Å²) in [7, 11) is 1.96. The standard InChI is InChI=1S/C9H20N2O/c1-3-9(12)11-8-6-4-5-7-10-2/h10H,3-8H2,1-2H3,(H,11,12). The van der Waals surface area contributed by atoms with E-state index in [1.807, 2.05) is 14.0 Å². The van der Waals surface area contributed by atoms with Gasteiger partial charge in [-0.05, 0) is 26.4 Å². The summed E-state index contributed by atoms with van der Waals surface area (Å²) in [6, 6.07) is 0. The Balaban J connectivity index is 2.95. The number of unbranched alkanes of at least 4 members (excludes halogenated alkanes) is 2. The Morgan fingerprint density at radius 1 is 1.17 bits per heavy atom. The van der Waals surface area contributed by atoms with Crippen molar-refractivity contribution in [3.8, 4) is 0 Å². The summed E-state index contributed by atoms with van der Waals surface area (Å²) in [4.78, 5) is 10.8. The van der Waals surface area contributed by atoms with Crippen molar-refractivity contribution in [1.29, 1.82) is 0 Å². The number of amides is 1. The highest BCUT2D eigenvalue weighted by Gasteiger charge is 1.94. The normalized spacial score (nSPS) is 9.83. The lowest BCUT2D eigenvalue weighted by Crippen LogP contribution is -2.23. The third-order valence-corrected chi connectivity index (χ3v) is 1.75. The van der Waals surface area contributed by atoms with Crippen LogP contribution >= 0.6 is 0 Å². The van der Waals surface area contributed by atoms with Gasteiger partial charge in [-0.15, -0.1) is 0 Å². The molecule has 12 heavy (non-hydrogen) atoms. The van der Waals surface area contributed by atoms with Gasteiger partial charge in [0.2, 0.25) is 5.91 Å². The summed E-state index contributed by atoms with van der Waals surface area (Å²) in [6.07, 6.45) is 4.06. The van der Waals surface area contributed by atoms with Gasteiger partial charge in [0.1, 0.15) is 0 Å². The molecule has 2 N–H and O–H groups in total. The molecule has 0 unspecified atom stereocenters. The van der Waals surface area contributed by atoms with Crippen molar-refractivity contribution in [2.45, 2.75) is 32.6 Å². The average molecular weight is 172 g/mol. The van der Waals surface area contributed by atoms with E-state index in [2.05, 4.69) is 10.6 Å². The van der Waals surface area contributed by atoms with E-state index in [0.717, 1.165) is 19.5 Å². The van der Waals surface area contributed by atoms with Crippen molar-refractivity contribution in [3.63, 3.8) is 0 Å². The third-order valence-electron chi connectivity index (χ3n) is 1.75. The highest BCUT2D eigenvalue weighted by Crippen LogP contribution is 1.91. The summed E-state index contributed by atoms with van der Waals surface area (Å²) in [5.74, 6) is 0.156. The van der Waals surface area contributed by atoms with Crippen molar-refractivity contribution in [2.75, 3.05) is 20.1 Å². The van der Waals surface area contributed by atoms with Crippen LogP contribution in [0.3, 0.4) is 0 Å². The van der Waals surface area contributed by atoms with E-state index in [4.69, 9.17) is 0 Å². The van der Waals surface area contributed by atoms with E-state index in [0.29, 0.717) is 6.42 Å². The smallest absolute Gasteiger partial charge is 0.219 e. The van der Waals surface area contributed by atoms with Crippen LogP contribution in [-0.4, -0.2) is 26.0 Å². The summed E-state index contributed by atoms with van der Waals surface area (Å²) in [6.45, 7) is 3.77. The number of carbonyl (C=O) groups excluding carboxylic acids is 1. The van der Waals surface area contributed by atoms with Crippen LogP contribution in [0.4, 0.5) is 0 Å². The highest BCUT2D eigenvalue weighted by molar-refractivity contribution is 5.75. The summed E-state index contributed by atoms with van der Waals surface area (Å²) >= 11 is 0. The van der Waals surface area contributed by atoms with Crippen LogP contribution in [0, 0.1) is 0 Å². The molecule has 72 valence electrons. The van der Waals surface area contributed by atoms with E-state index < -0.39 is 0 Å². The fourth-order valence-corrected chi connectivity index (χ4v) is 0.956. The third kappa shape index (κ3) is 7.54. The molecule has 0 aliphatic rings. The first-order chi connectivity index (χ1) is 5.81. The highest BCUT2D eigenvalue weighted by atomic mass is 16.1. The van der Waals surface area contributed by atoms with E-state index in [1.54, 1.807) is 0 Å².